The molecule has 3 nitrogen and oxygen atoms in total. The first-order chi connectivity index (χ1) is 6.80. The fraction of sp³-hybridized carbons (Fsp3) is 0.222. The van der Waals surface area contributed by atoms with Crippen LogP contribution in [-0.4, -0.2) is 42.5 Å². The van der Waals surface area contributed by atoms with Gasteiger partial charge in [-0.15, -0.1) is 0 Å². The molecule has 0 aliphatic heterocycles. The Labute approximate surface area is 114 Å². The predicted octanol–water partition coefficient (Wildman–Crippen LogP) is 0.135. The van der Waals surface area contributed by atoms with E-state index in [9.17, 15) is 0 Å². The van der Waals surface area contributed by atoms with Gasteiger partial charge in [0.25, 0.3) is 0 Å². The minimum Gasteiger partial charge on any atom is 0 e. The van der Waals surface area contributed by atoms with Crippen molar-refractivity contribution in [2.24, 2.45) is 0 Å². The second-order valence-corrected chi connectivity index (χ2v) is 3.52. The van der Waals surface area contributed by atoms with E-state index in [1.165, 1.54) is 0 Å². The summed E-state index contributed by atoms with van der Waals surface area (Å²) < 4.78 is 0. The molecule has 0 unspecified atom stereocenters. The van der Waals surface area contributed by atoms with Gasteiger partial charge >= 0.3 is 87.2 Å². The third kappa shape index (κ3) is 5.27. The molecule has 0 aliphatic carbocycles. The number of pyridine rings is 1. The normalized spacial score (nSPS) is 8.60. The van der Waals surface area contributed by atoms with Crippen molar-refractivity contribution in [3.63, 3.8) is 0 Å². The molecule has 15 heavy (non-hydrogen) atoms. The van der Waals surface area contributed by atoms with Crippen molar-refractivity contribution in [2.45, 2.75) is 13.2 Å². The summed E-state index contributed by atoms with van der Waals surface area (Å²) >= 11 is 0. The van der Waals surface area contributed by atoms with Crippen molar-refractivity contribution in [1.82, 2.24) is 4.98 Å². The van der Waals surface area contributed by atoms with E-state index in [1.54, 1.807) is 12.1 Å². The van der Waals surface area contributed by atoms with Crippen LogP contribution in [0.4, 0.5) is 0 Å². The second kappa shape index (κ2) is 8.48. The van der Waals surface area contributed by atoms with E-state index in [0.717, 1.165) is 5.56 Å². The van der Waals surface area contributed by atoms with E-state index in [0.29, 0.717) is 22.1 Å². The fourth-order valence-electron chi connectivity index (χ4n) is 0.973. The molecule has 0 aromatic carbocycles. The molecule has 2 N–H and O–H groups in total. The fourth-order valence-corrected chi connectivity index (χ4v) is 1.30. The number of nitrogens with zero attached hydrogens (tertiary/aromatic N) is 1. The van der Waals surface area contributed by atoms with E-state index >= 15 is 0 Å². The van der Waals surface area contributed by atoms with Crippen molar-refractivity contribution < 1.29 is 10.2 Å². The molecule has 0 saturated heterocycles. The molecule has 1 aromatic rings. The number of thiol groups is 1. The van der Waals surface area contributed by atoms with E-state index in [-0.39, 0.29) is 40.5 Å². The third-order valence-corrected chi connectivity index (χ3v) is 2.02. The molecule has 0 amide bonds. The Kier molecular flexibility index (Phi) is 8.67. The van der Waals surface area contributed by atoms with Crippen LogP contribution in [-0.2, 0) is 24.0 Å². The van der Waals surface area contributed by atoms with Crippen molar-refractivity contribution in [1.29, 1.82) is 0 Å². The van der Waals surface area contributed by atoms with Crippen LogP contribution in [0.1, 0.15) is 17.0 Å². The number of hydrogen-bond acceptors (Lipinski definition) is 4. The summed E-state index contributed by atoms with van der Waals surface area (Å²) in [5.74, 6) is 2.84. The van der Waals surface area contributed by atoms with E-state index in [2.05, 4.69) is 24.0 Å². The monoisotopic (exact) mass is 431 g/mol. The van der Waals surface area contributed by atoms with Crippen LogP contribution in [0, 0.1) is 11.2 Å². The van der Waals surface area contributed by atoms with E-state index in [4.69, 9.17) is 10.2 Å². The van der Waals surface area contributed by atoms with Gasteiger partial charge in [-0.1, -0.05) is 0 Å². The van der Waals surface area contributed by atoms with Gasteiger partial charge in [-0.05, 0) is 0 Å². The van der Waals surface area contributed by atoms with Crippen LogP contribution in [0.2, 0.25) is 0 Å². The molecule has 0 bridgehead atoms. The van der Waals surface area contributed by atoms with Crippen LogP contribution in [0.25, 0.3) is 0 Å². The Balaban J connectivity index is 0.00000196. The molecule has 77 valence electrons. The van der Waals surface area contributed by atoms with Gasteiger partial charge in [0.05, 0.1) is 0 Å². The molecule has 0 saturated carbocycles. The van der Waals surface area contributed by atoms with Gasteiger partial charge in [-0.3, -0.25) is 0 Å². The molecule has 1 radical (unpaired) electrons. The standard InChI is InChI=1S/C9H9NO2PS.Tl/c11-5-8-3-7(1-2-14-13)4-9(6-12)10-8;/h3-4,11-12,14H,5-6H2;/q-1;. The van der Waals surface area contributed by atoms with Crippen molar-refractivity contribution >= 4 is 45.9 Å². The Morgan fingerprint density at radius 3 is 2.20 bits per heavy atom. The quantitative estimate of drug-likeness (QED) is 0.231. The van der Waals surface area contributed by atoms with Gasteiger partial charge in [0.15, 0.2) is 0 Å². The van der Waals surface area contributed by atoms with Gasteiger partial charge in [-0.25, -0.2) is 0 Å². The SMILES string of the molecule is OCc1cc(C#C[SH-]#P)cc(CO)n1.[Tl]. The van der Waals surface area contributed by atoms with Gasteiger partial charge in [-0.2, -0.15) is 0 Å². The maximum atomic E-state index is 8.90. The summed E-state index contributed by atoms with van der Waals surface area (Å²) in [5.41, 5.74) is 1.75. The van der Waals surface area contributed by atoms with Crippen LogP contribution in [0.3, 0.4) is 0 Å². The first-order valence-corrected chi connectivity index (χ1v) is 5.91. The average Bonchev–Trinajstić information content (AvgIpc) is 2.25. The average molecular weight is 431 g/mol. The second-order valence-electron chi connectivity index (χ2n) is 2.49. The molecule has 0 aliphatic rings. The maximum absolute atomic E-state index is 8.90. The topological polar surface area (TPSA) is 53.4 Å². The molecule has 1 heterocycles. The van der Waals surface area contributed by atoms with Crippen LogP contribution < -0.4 is 0 Å². The summed E-state index contributed by atoms with van der Waals surface area (Å²) in [7, 11) is 4.62. The third-order valence-electron chi connectivity index (χ3n) is 1.51. The minimum absolute atomic E-state index is 0. The predicted molar refractivity (Wildman–Crippen MR) is 64.4 cm³/mol. The van der Waals surface area contributed by atoms with Crippen LogP contribution in [0.15, 0.2) is 12.1 Å². The zero-order valence-electron chi connectivity index (χ0n) is 7.88. The van der Waals surface area contributed by atoms with Crippen LogP contribution >= 0.6 is 7.81 Å². The van der Waals surface area contributed by atoms with Gasteiger partial charge in [0.1, 0.15) is 0 Å². The molecular weight excluding hydrogens is 422 g/mol. The Bertz CT molecular complexity index is 414. The Hall–Kier alpha value is 0.332. The van der Waals surface area contributed by atoms with Crippen molar-refractivity contribution in [3.8, 4) is 11.2 Å². The van der Waals surface area contributed by atoms with E-state index in [1.807, 2.05) is 0 Å². The van der Waals surface area contributed by atoms with Crippen LogP contribution in [0.5, 0.6) is 0 Å². The minimum atomic E-state index is -0.152. The Morgan fingerprint density at radius 2 is 1.80 bits per heavy atom. The van der Waals surface area contributed by atoms with Crippen molar-refractivity contribution in [2.75, 3.05) is 0 Å². The van der Waals surface area contributed by atoms with Crippen molar-refractivity contribution in [3.05, 3.63) is 29.1 Å². The van der Waals surface area contributed by atoms with Gasteiger partial charge in [0, 0.05) is 27.3 Å². The first kappa shape index (κ1) is 15.3. The summed E-state index contributed by atoms with van der Waals surface area (Å²) in [6.07, 6.45) is 0. The van der Waals surface area contributed by atoms with Gasteiger partial charge < -0.3 is 0 Å². The zero-order valence-corrected chi connectivity index (χ0v) is 14.2. The summed E-state index contributed by atoms with van der Waals surface area (Å²) in [4.78, 5) is 3.99. The summed E-state index contributed by atoms with van der Waals surface area (Å²) in [6, 6.07) is 3.37. The smallest absolute Gasteiger partial charge is 0 e. The first-order valence-electron chi connectivity index (χ1n) is 3.87. The largest absolute Gasteiger partial charge is 0 e. The molecule has 0 spiro atoms. The maximum Gasteiger partial charge on any atom is 0 e. The molecule has 6 heteroatoms. The molecule has 1 rings (SSSR count). The molecule has 1 aromatic heterocycles. The number of aliphatic hydroxyl groups excluding tert-OH is 2. The molecular formula is C9H9NO2PSTl-. The van der Waals surface area contributed by atoms with E-state index < -0.39 is 0 Å². The number of rotatable bonds is 2. The summed E-state index contributed by atoms with van der Waals surface area (Å²) in [6.45, 7) is -0.303. The molecule has 0 fully saturated rings. The Morgan fingerprint density at radius 1 is 1.27 bits per heavy atom. The van der Waals surface area contributed by atoms with Gasteiger partial charge in [0.2, 0.25) is 0 Å². The number of aliphatic hydroxyl groups is 2. The molecule has 0 atom stereocenters. The summed E-state index contributed by atoms with van der Waals surface area (Å²) in [5, 5.41) is 20.6. The number of aromatic nitrogens is 1. The zero-order chi connectivity index (χ0) is 10.4. The number of hydrogen-bond donors (Lipinski definition) is 2.